The first-order valence-corrected chi connectivity index (χ1v) is 8.88. The number of carbonyl (C=O) groups is 1. The standard InChI is InChI=1S/C21H21N3O3/c1-3-21(22)11-7-6-9-15(21)19-24-17(20(25)26-2)18(27-19)14-12-23-16-10-5-4-8-13(14)16/h4-12,15,23H,3,22H2,1-2H3/t15?,21-/m0/s1. The van der Waals surface area contributed by atoms with Gasteiger partial charge in [0, 0.05) is 28.2 Å². The predicted molar refractivity (Wildman–Crippen MR) is 103 cm³/mol. The normalized spacial score (nSPS) is 21.7. The van der Waals surface area contributed by atoms with Crippen LogP contribution in [0, 0.1) is 0 Å². The second-order valence-corrected chi connectivity index (χ2v) is 6.66. The average Bonchev–Trinajstić information content (AvgIpc) is 3.31. The minimum Gasteiger partial charge on any atom is -0.464 e. The first kappa shape index (κ1) is 17.3. The molecule has 0 bridgehead atoms. The van der Waals surface area contributed by atoms with E-state index in [1.54, 1.807) is 0 Å². The highest BCUT2D eigenvalue weighted by Gasteiger charge is 2.37. The molecule has 0 radical (unpaired) electrons. The van der Waals surface area contributed by atoms with Crippen molar-refractivity contribution in [3.63, 3.8) is 0 Å². The molecule has 3 N–H and O–H groups in total. The smallest absolute Gasteiger partial charge is 0.360 e. The number of fused-ring (bicyclic) bond motifs is 1. The van der Waals surface area contributed by atoms with Gasteiger partial charge >= 0.3 is 5.97 Å². The molecule has 0 spiro atoms. The van der Waals surface area contributed by atoms with Crippen molar-refractivity contribution in [3.05, 3.63) is 66.4 Å². The number of rotatable bonds is 4. The Morgan fingerprint density at radius 1 is 1.37 bits per heavy atom. The third-order valence-electron chi connectivity index (χ3n) is 5.13. The van der Waals surface area contributed by atoms with Gasteiger partial charge in [-0.1, -0.05) is 49.4 Å². The van der Waals surface area contributed by atoms with Crippen molar-refractivity contribution in [1.82, 2.24) is 9.97 Å². The van der Waals surface area contributed by atoms with E-state index >= 15 is 0 Å². The van der Waals surface area contributed by atoms with Gasteiger partial charge in [0.15, 0.2) is 11.5 Å². The van der Waals surface area contributed by atoms with Gasteiger partial charge in [0.05, 0.1) is 13.0 Å². The van der Waals surface area contributed by atoms with Gasteiger partial charge in [0.2, 0.25) is 5.89 Å². The Labute approximate surface area is 156 Å². The molecule has 2 heterocycles. The van der Waals surface area contributed by atoms with Crippen LogP contribution in [-0.2, 0) is 4.74 Å². The lowest BCUT2D eigenvalue weighted by Crippen LogP contribution is -2.43. The fourth-order valence-electron chi connectivity index (χ4n) is 3.49. The Hall–Kier alpha value is -3.12. The summed E-state index contributed by atoms with van der Waals surface area (Å²) in [4.78, 5) is 20.1. The van der Waals surface area contributed by atoms with Gasteiger partial charge in [-0.2, -0.15) is 0 Å². The van der Waals surface area contributed by atoms with E-state index in [0.29, 0.717) is 18.1 Å². The second-order valence-electron chi connectivity index (χ2n) is 6.66. The zero-order chi connectivity index (χ0) is 19.0. The van der Waals surface area contributed by atoms with Crippen molar-refractivity contribution in [2.45, 2.75) is 24.8 Å². The number of nitrogens with one attached hydrogen (secondary N) is 1. The number of benzene rings is 1. The summed E-state index contributed by atoms with van der Waals surface area (Å²) in [5.41, 5.74) is 7.79. The first-order chi connectivity index (χ1) is 13.1. The number of aromatic amines is 1. The highest BCUT2D eigenvalue weighted by atomic mass is 16.5. The van der Waals surface area contributed by atoms with Crippen LogP contribution in [0.4, 0.5) is 0 Å². The fourth-order valence-corrected chi connectivity index (χ4v) is 3.49. The quantitative estimate of drug-likeness (QED) is 0.685. The Kier molecular flexibility index (Phi) is 4.20. The van der Waals surface area contributed by atoms with E-state index in [9.17, 15) is 4.79 Å². The summed E-state index contributed by atoms with van der Waals surface area (Å²) < 4.78 is 11.1. The molecule has 0 fully saturated rings. The molecular weight excluding hydrogens is 342 g/mol. The highest BCUT2D eigenvalue weighted by molar-refractivity contribution is 6.01. The molecular formula is C21H21N3O3. The minimum absolute atomic E-state index is 0.152. The van der Waals surface area contributed by atoms with Crippen LogP contribution in [-0.4, -0.2) is 28.6 Å². The highest BCUT2D eigenvalue weighted by Crippen LogP contribution is 2.38. The summed E-state index contributed by atoms with van der Waals surface area (Å²) in [5.74, 6) is -0.0223. The molecule has 27 heavy (non-hydrogen) atoms. The Morgan fingerprint density at radius 2 is 2.19 bits per heavy atom. The maximum absolute atomic E-state index is 12.4. The molecule has 1 aliphatic carbocycles. The Bertz CT molecular complexity index is 1060. The lowest BCUT2D eigenvalue weighted by molar-refractivity contribution is 0.0595. The molecule has 6 nitrogen and oxygen atoms in total. The van der Waals surface area contributed by atoms with Crippen molar-refractivity contribution < 1.29 is 13.9 Å². The van der Waals surface area contributed by atoms with E-state index in [2.05, 4.69) is 9.97 Å². The summed E-state index contributed by atoms with van der Waals surface area (Å²) in [7, 11) is 1.33. The number of esters is 1. The molecule has 138 valence electrons. The van der Waals surface area contributed by atoms with Crippen molar-refractivity contribution in [1.29, 1.82) is 0 Å². The first-order valence-electron chi connectivity index (χ1n) is 8.88. The molecule has 4 rings (SSSR count). The summed E-state index contributed by atoms with van der Waals surface area (Å²) in [6, 6.07) is 7.81. The molecule has 1 aromatic carbocycles. The Balaban J connectivity index is 1.89. The molecule has 2 atom stereocenters. The summed E-state index contributed by atoms with van der Waals surface area (Å²) in [6.07, 6.45) is 10.3. The van der Waals surface area contributed by atoms with Gasteiger partial charge < -0.3 is 19.9 Å². The number of aromatic nitrogens is 2. The molecule has 1 aliphatic rings. The van der Waals surface area contributed by atoms with Crippen LogP contribution in [0.3, 0.4) is 0 Å². The lowest BCUT2D eigenvalue weighted by atomic mass is 9.79. The van der Waals surface area contributed by atoms with Crippen LogP contribution in [0.25, 0.3) is 22.2 Å². The van der Waals surface area contributed by atoms with Crippen LogP contribution in [0.2, 0.25) is 0 Å². The van der Waals surface area contributed by atoms with E-state index in [1.807, 2.05) is 61.7 Å². The summed E-state index contributed by atoms with van der Waals surface area (Å²) in [5, 5.41) is 0.943. The molecule has 0 amide bonds. The molecule has 3 aromatic rings. The number of ether oxygens (including phenoxy) is 1. The monoisotopic (exact) mass is 363 g/mol. The zero-order valence-corrected chi connectivity index (χ0v) is 15.2. The lowest BCUT2D eigenvalue weighted by Gasteiger charge is -2.31. The van der Waals surface area contributed by atoms with Crippen LogP contribution in [0.5, 0.6) is 0 Å². The number of methoxy groups -OCH3 is 1. The zero-order valence-electron chi connectivity index (χ0n) is 15.2. The number of nitrogens with zero attached hydrogens (tertiary/aromatic N) is 1. The minimum atomic E-state index is -0.621. The van der Waals surface area contributed by atoms with Crippen molar-refractivity contribution in [2.75, 3.05) is 7.11 Å². The molecule has 0 saturated carbocycles. The maximum Gasteiger partial charge on any atom is 0.360 e. The molecule has 2 aromatic heterocycles. The summed E-state index contributed by atoms with van der Waals surface area (Å²) >= 11 is 0. The number of H-pyrrole nitrogens is 1. The van der Waals surface area contributed by atoms with Gasteiger partial charge in [0.1, 0.15) is 0 Å². The third-order valence-corrected chi connectivity index (χ3v) is 5.13. The van der Waals surface area contributed by atoms with Crippen molar-refractivity contribution >= 4 is 16.9 Å². The van der Waals surface area contributed by atoms with E-state index in [4.69, 9.17) is 14.9 Å². The number of hydrogen-bond donors (Lipinski definition) is 2. The number of oxazole rings is 1. The van der Waals surface area contributed by atoms with Gasteiger partial charge in [-0.3, -0.25) is 0 Å². The van der Waals surface area contributed by atoms with Gasteiger partial charge in [-0.25, -0.2) is 9.78 Å². The fraction of sp³-hybridized carbons (Fsp3) is 0.238. The third kappa shape index (κ3) is 2.78. The second kappa shape index (κ2) is 6.55. The number of allylic oxidation sites excluding steroid dienone is 2. The van der Waals surface area contributed by atoms with E-state index in [1.165, 1.54) is 7.11 Å². The molecule has 1 unspecified atom stereocenters. The largest absolute Gasteiger partial charge is 0.464 e. The van der Waals surface area contributed by atoms with Crippen molar-refractivity contribution in [3.8, 4) is 11.3 Å². The number of carbonyl (C=O) groups excluding carboxylic acids is 1. The number of para-hydroxylation sites is 1. The van der Waals surface area contributed by atoms with Gasteiger partial charge in [-0.05, 0) is 12.5 Å². The summed E-state index contributed by atoms with van der Waals surface area (Å²) in [6.45, 7) is 2.02. The average molecular weight is 363 g/mol. The number of nitrogens with two attached hydrogens (primary N) is 1. The van der Waals surface area contributed by atoms with Crippen LogP contribution >= 0.6 is 0 Å². The Morgan fingerprint density at radius 3 is 2.96 bits per heavy atom. The van der Waals surface area contributed by atoms with E-state index < -0.39 is 11.5 Å². The molecule has 0 aliphatic heterocycles. The SMILES string of the molecule is CC[C@]1(N)C=CC=CC1c1nc(C(=O)OC)c(-c2c[nH]c3ccccc23)o1. The molecule has 0 saturated heterocycles. The van der Waals surface area contributed by atoms with Crippen LogP contribution in [0.1, 0.15) is 35.6 Å². The topological polar surface area (TPSA) is 94.1 Å². The van der Waals surface area contributed by atoms with Crippen LogP contribution in [0.15, 0.2) is 59.2 Å². The van der Waals surface area contributed by atoms with Gasteiger partial charge in [0.25, 0.3) is 0 Å². The van der Waals surface area contributed by atoms with E-state index in [0.717, 1.165) is 16.5 Å². The molecule has 6 heteroatoms. The predicted octanol–water partition coefficient (Wildman–Crippen LogP) is 3.93. The van der Waals surface area contributed by atoms with Gasteiger partial charge in [-0.15, -0.1) is 0 Å². The van der Waals surface area contributed by atoms with Crippen molar-refractivity contribution in [2.24, 2.45) is 5.73 Å². The number of hydrogen-bond acceptors (Lipinski definition) is 5. The van der Waals surface area contributed by atoms with E-state index in [-0.39, 0.29) is 11.6 Å². The van der Waals surface area contributed by atoms with Crippen LogP contribution < -0.4 is 5.73 Å². The maximum atomic E-state index is 12.4.